The summed E-state index contributed by atoms with van der Waals surface area (Å²) in [6, 6.07) is 36.5. The van der Waals surface area contributed by atoms with Crippen molar-refractivity contribution in [1.82, 2.24) is 0 Å². The second-order valence-electron chi connectivity index (χ2n) is 10.4. The molecule has 0 saturated carbocycles. The van der Waals surface area contributed by atoms with Crippen LogP contribution in [-0.2, 0) is 17.6 Å². The zero-order chi connectivity index (χ0) is 28.1. The summed E-state index contributed by atoms with van der Waals surface area (Å²) >= 11 is 0. The van der Waals surface area contributed by atoms with Gasteiger partial charge in [-0.15, -0.1) is 4.91 Å². The van der Waals surface area contributed by atoms with Crippen LogP contribution in [0.3, 0.4) is 0 Å². The van der Waals surface area contributed by atoms with Gasteiger partial charge in [0.15, 0.2) is 6.61 Å². The molecule has 0 spiro atoms. The first-order valence-corrected chi connectivity index (χ1v) is 13.8. The molecule has 4 heteroatoms. The zero-order valence-corrected chi connectivity index (χ0v) is 23.2. The molecule has 0 fully saturated rings. The highest BCUT2D eigenvalue weighted by molar-refractivity contribution is 5.86. The summed E-state index contributed by atoms with van der Waals surface area (Å²) in [5.41, 5.74) is 9.79. The van der Waals surface area contributed by atoms with Crippen molar-refractivity contribution in [2.45, 2.75) is 39.5 Å². The number of amides is 1. The van der Waals surface area contributed by atoms with Gasteiger partial charge in [-0.2, -0.15) is 0 Å². The van der Waals surface area contributed by atoms with Crippen LogP contribution >= 0.6 is 0 Å². The number of aryl methyl sites for hydroxylation is 1. The van der Waals surface area contributed by atoms with E-state index >= 15 is 0 Å². The van der Waals surface area contributed by atoms with E-state index in [9.17, 15) is 9.70 Å². The molecule has 0 N–H and O–H groups in total. The second kappa shape index (κ2) is 12.1. The standard InChI is InChI=1S/C36H33NO3/c1-4-26-21-30(34-18-16-31(22-35(34)24(2)3)40-23-36(38)37-39)15-17-33(26)29-12-7-9-25(20-29)19-28-13-8-11-27-10-5-6-14-32(27)28/h5-18,20-22,24H,4,19,23H2,1-3H3. The average molecular weight is 528 g/mol. The Morgan fingerprint density at radius 2 is 1.52 bits per heavy atom. The van der Waals surface area contributed by atoms with Crippen molar-refractivity contribution in [3.8, 4) is 28.0 Å². The number of nitrogens with zero attached hydrogens (tertiary/aromatic N) is 1. The lowest BCUT2D eigenvalue weighted by molar-refractivity contribution is -0.119. The predicted octanol–water partition coefficient (Wildman–Crippen LogP) is 9.12. The lowest BCUT2D eigenvalue weighted by atomic mass is 9.88. The third-order valence-electron chi connectivity index (χ3n) is 7.42. The van der Waals surface area contributed by atoms with Crippen LogP contribution in [0.2, 0.25) is 0 Å². The van der Waals surface area contributed by atoms with Crippen LogP contribution in [0.25, 0.3) is 33.0 Å². The van der Waals surface area contributed by atoms with Crippen LogP contribution in [-0.4, -0.2) is 12.5 Å². The van der Waals surface area contributed by atoms with Crippen LogP contribution in [0.4, 0.5) is 0 Å². The average Bonchev–Trinajstić information content (AvgIpc) is 2.99. The van der Waals surface area contributed by atoms with Gasteiger partial charge in [-0.1, -0.05) is 112 Å². The van der Waals surface area contributed by atoms with Crippen molar-refractivity contribution in [1.29, 1.82) is 0 Å². The Labute approximate surface area is 235 Å². The Hall–Kier alpha value is -4.57. The molecule has 0 radical (unpaired) electrons. The van der Waals surface area contributed by atoms with Crippen molar-refractivity contribution in [3.63, 3.8) is 0 Å². The van der Waals surface area contributed by atoms with E-state index in [-0.39, 0.29) is 12.5 Å². The number of hydrogen-bond acceptors (Lipinski definition) is 3. The molecule has 0 saturated heterocycles. The molecule has 5 aromatic carbocycles. The summed E-state index contributed by atoms with van der Waals surface area (Å²) in [5, 5.41) is 4.98. The molecule has 0 heterocycles. The molecule has 5 rings (SSSR count). The molecular weight excluding hydrogens is 494 g/mol. The smallest absolute Gasteiger partial charge is 0.323 e. The maximum Gasteiger partial charge on any atom is 0.323 e. The molecule has 0 aromatic heterocycles. The largest absolute Gasteiger partial charge is 0.484 e. The molecule has 1 amide bonds. The SMILES string of the molecule is CCc1cc(-c2ccc(OCC(=O)N=O)cc2C(C)C)ccc1-c1cccc(Cc2cccc3ccccc23)c1. The number of nitroso groups, excluding NO2 is 1. The van der Waals surface area contributed by atoms with Gasteiger partial charge in [0.25, 0.3) is 0 Å². The molecule has 40 heavy (non-hydrogen) atoms. The number of ether oxygens (including phenoxy) is 1. The highest BCUT2D eigenvalue weighted by Gasteiger charge is 2.14. The molecule has 5 aromatic rings. The van der Waals surface area contributed by atoms with Crippen molar-refractivity contribution in [3.05, 3.63) is 130 Å². The van der Waals surface area contributed by atoms with Gasteiger partial charge < -0.3 is 4.74 Å². The predicted molar refractivity (Wildman–Crippen MR) is 164 cm³/mol. The third-order valence-corrected chi connectivity index (χ3v) is 7.42. The van der Waals surface area contributed by atoms with Crippen molar-refractivity contribution >= 4 is 16.7 Å². The second-order valence-corrected chi connectivity index (χ2v) is 10.4. The fourth-order valence-electron chi connectivity index (χ4n) is 5.39. The molecule has 0 aliphatic rings. The first kappa shape index (κ1) is 27.0. The van der Waals surface area contributed by atoms with Crippen LogP contribution in [0.1, 0.15) is 48.9 Å². The summed E-state index contributed by atoms with van der Waals surface area (Å²) in [6.45, 7) is 6.12. The monoisotopic (exact) mass is 527 g/mol. The minimum absolute atomic E-state index is 0.244. The first-order chi connectivity index (χ1) is 19.5. The van der Waals surface area contributed by atoms with Crippen LogP contribution in [0, 0.1) is 4.91 Å². The minimum atomic E-state index is -0.820. The molecule has 4 nitrogen and oxygen atoms in total. The summed E-state index contributed by atoms with van der Waals surface area (Å²) in [6.07, 6.45) is 1.80. The Bertz CT molecular complexity index is 1680. The van der Waals surface area contributed by atoms with Gasteiger partial charge in [0, 0.05) is 5.18 Å². The van der Waals surface area contributed by atoms with Crippen molar-refractivity contribution in [2.75, 3.05) is 6.61 Å². The van der Waals surface area contributed by atoms with Gasteiger partial charge in [0.2, 0.25) is 0 Å². The van der Waals surface area contributed by atoms with Crippen LogP contribution in [0.5, 0.6) is 5.75 Å². The zero-order valence-electron chi connectivity index (χ0n) is 23.2. The molecule has 200 valence electrons. The van der Waals surface area contributed by atoms with Gasteiger partial charge in [-0.05, 0) is 86.2 Å². The molecule has 0 atom stereocenters. The molecule has 0 aliphatic heterocycles. The number of carbonyl (C=O) groups is 1. The number of carbonyl (C=O) groups excluding carboxylic acids is 1. The first-order valence-electron chi connectivity index (χ1n) is 13.8. The van der Waals surface area contributed by atoms with E-state index < -0.39 is 5.91 Å². The number of rotatable bonds is 9. The van der Waals surface area contributed by atoms with E-state index in [2.05, 4.69) is 111 Å². The molecular formula is C36H33NO3. The Morgan fingerprint density at radius 3 is 2.33 bits per heavy atom. The quantitative estimate of drug-likeness (QED) is 0.180. The van der Waals surface area contributed by atoms with E-state index in [1.807, 2.05) is 18.2 Å². The van der Waals surface area contributed by atoms with E-state index in [1.54, 1.807) is 0 Å². The van der Waals surface area contributed by atoms with Crippen molar-refractivity contribution in [2.24, 2.45) is 5.18 Å². The Balaban J connectivity index is 1.45. The topological polar surface area (TPSA) is 55.7 Å². The highest BCUT2D eigenvalue weighted by atomic mass is 16.5. The summed E-state index contributed by atoms with van der Waals surface area (Å²) in [7, 11) is 0. The third kappa shape index (κ3) is 5.86. The Morgan fingerprint density at radius 1 is 0.775 bits per heavy atom. The van der Waals surface area contributed by atoms with Crippen LogP contribution < -0.4 is 4.74 Å². The number of hydrogen-bond donors (Lipinski definition) is 0. The lowest BCUT2D eigenvalue weighted by Gasteiger charge is -2.17. The van der Waals surface area contributed by atoms with Crippen molar-refractivity contribution < 1.29 is 9.53 Å². The van der Waals surface area contributed by atoms with Gasteiger partial charge in [0.1, 0.15) is 5.75 Å². The van der Waals surface area contributed by atoms with Gasteiger partial charge >= 0.3 is 5.91 Å². The summed E-state index contributed by atoms with van der Waals surface area (Å²) in [5.74, 6) is -0.0201. The van der Waals surface area contributed by atoms with Crippen LogP contribution in [0.15, 0.2) is 108 Å². The van der Waals surface area contributed by atoms with Gasteiger partial charge in [0.05, 0.1) is 0 Å². The lowest BCUT2D eigenvalue weighted by Crippen LogP contribution is -2.08. The van der Waals surface area contributed by atoms with E-state index in [4.69, 9.17) is 4.74 Å². The van der Waals surface area contributed by atoms with Gasteiger partial charge in [-0.3, -0.25) is 4.79 Å². The fraction of sp³-hybridized carbons (Fsp3) is 0.194. The van der Waals surface area contributed by atoms with E-state index in [0.717, 1.165) is 29.5 Å². The number of fused-ring (bicyclic) bond motifs is 1. The fourth-order valence-corrected chi connectivity index (χ4v) is 5.39. The van der Waals surface area contributed by atoms with Gasteiger partial charge in [-0.25, -0.2) is 0 Å². The van der Waals surface area contributed by atoms with E-state index in [1.165, 1.54) is 38.6 Å². The summed E-state index contributed by atoms with van der Waals surface area (Å²) in [4.78, 5) is 21.7. The normalized spacial score (nSPS) is 11.1. The molecule has 0 bridgehead atoms. The van der Waals surface area contributed by atoms with E-state index in [0.29, 0.717) is 5.75 Å². The highest BCUT2D eigenvalue weighted by Crippen LogP contribution is 2.36. The summed E-state index contributed by atoms with van der Waals surface area (Å²) < 4.78 is 5.50. The molecule has 0 unspecified atom stereocenters. The minimum Gasteiger partial charge on any atom is -0.484 e. The maximum atomic E-state index is 11.3. The maximum absolute atomic E-state index is 11.3. The number of benzene rings is 5. The molecule has 0 aliphatic carbocycles. The Kier molecular flexibility index (Phi) is 8.16.